The summed E-state index contributed by atoms with van der Waals surface area (Å²) in [6, 6.07) is -1.18. The largest absolute Gasteiger partial charge is 0.481 e. The van der Waals surface area contributed by atoms with E-state index in [0.717, 1.165) is 4.73 Å². The van der Waals surface area contributed by atoms with Crippen molar-refractivity contribution in [3.05, 3.63) is 12.2 Å². The first kappa shape index (κ1) is 18.3. The van der Waals surface area contributed by atoms with Gasteiger partial charge in [0.25, 0.3) is 0 Å². The summed E-state index contributed by atoms with van der Waals surface area (Å²) in [5.41, 5.74) is 0.149. The van der Waals surface area contributed by atoms with Gasteiger partial charge in [0, 0.05) is 12.0 Å². The molecular formula is C12H21NO6Si. The number of rotatable bonds is 8. The molecule has 0 bridgehead atoms. The smallest absolute Gasteiger partial charge is 0.351 e. The molecular weight excluding hydrogens is 282 g/mol. The second-order valence-electron chi connectivity index (χ2n) is 5.44. The maximum atomic E-state index is 11.6. The number of aliphatic carboxylic acids is 2. The van der Waals surface area contributed by atoms with E-state index in [-0.39, 0.29) is 18.4 Å². The van der Waals surface area contributed by atoms with Gasteiger partial charge in [0.15, 0.2) is 8.24 Å². The molecule has 0 aromatic heterocycles. The van der Waals surface area contributed by atoms with E-state index in [1.54, 1.807) is 19.6 Å². The fourth-order valence-electron chi connectivity index (χ4n) is 1.44. The fraction of sp³-hybridized carbons (Fsp3) is 0.583. The Balaban J connectivity index is 5.23. The average molecular weight is 303 g/mol. The molecule has 0 unspecified atom stereocenters. The molecule has 7 nitrogen and oxygen atoms in total. The quantitative estimate of drug-likeness (QED) is 0.397. The Bertz CT molecular complexity index is 415. The van der Waals surface area contributed by atoms with Crippen LogP contribution in [0.3, 0.4) is 0 Å². The molecule has 0 aromatic carbocycles. The van der Waals surface area contributed by atoms with E-state index in [9.17, 15) is 19.5 Å². The van der Waals surface area contributed by atoms with Crippen LogP contribution in [0.4, 0.5) is 0 Å². The first-order valence-electron chi connectivity index (χ1n) is 6.08. The third-order valence-corrected chi connectivity index (χ3v) is 4.12. The normalized spacial score (nSPS) is 12.8. The molecule has 2 N–H and O–H groups in total. The maximum Gasteiger partial charge on any atom is 0.351 e. The van der Waals surface area contributed by atoms with Crippen LogP contribution in [-0.2, 0) is 19.2 Å². The van der Waals surface area contributed by atoms with Crippen LogP contribution in [0, 0.1) is 0 Å². The Morgan fingerprint density at radius 3 is 2.05 bits per heavy atom. The van der Waals surface area contributed by atoms with Crippen molar-refractivity contribution in [3.63, 3.8) is 0 Å². The lowest BCUT2D eigenvalue weighted by atomic mass is 10.2. The zero-order valence-corrected chi connectivity index (χ0v) is 13.2. The molecule has 8 heteroatoms. The number of carboxylic acids is 2. The van der Waals surface area contributed by atoms with Crippen LogP contribution < -0.4 is 0 Å². The van der Waals surface area contributed by atoms with Crippen LogP contribution in [-0.4, -0.2) is 47.1 Å². The zero-order valence-electron chi connectivity index (χ0n) is 12.2. The monoisotopic (exact) mass is 303 g/mol. The molecule has 0 amide bonds. The van der Waals surface area contributed by atoms with Crippen LogP contribution >= 0.6 is 0 Å². The highest BCUT2D eigenvalue weighted by molar-refractivity contribution is 6.73. The van der Waals surface area contributed by atoms with Gasteiger partial charge in [-0.15, -0.1) is 0 Å². The Labute approximate surface area is 118 Å². The summed E-state index contributed by atoms with van der Waals surface area (Å²) in [5, 5.41) is 17.9. The van der Waals surface area contributed by atoms with Gasteiger partial charge in [-0.1, -0.05) is 26.2 Å². The van der Waals surface area contributed by atoms with E-state index in [4.69, 9.17) is 9.94 Å². The van der Waals surface area contributed by atoms with E-state index in [0.29, 0.717) is 0 Å². The van der Waals surface area contributed by atoms with Gasteiger partial charge < -0.3 is 15.1 Å². The van der Waals surface area contributed by atoms with Crippen LogP contribution in [0.2, 0.25) is 19.6 Å². The topological polar surface area (TPSA) is 104 Å². The number of hydrogen-bond donors (Lipinski definition) is 2. The third-order valence-electron chi connectivity index (χ3n) is 2.39. The minimum Gasteiger partial charge on any atom is -0.481 e. The summed E-state index contributed by atoms with van der Waals surface area (Å²) in [7, 11) is -2.32. The highest BCUT2D eigenvalue weighted by atomic mass is 28.3. The molecule has 0 aliphatic carbocycles. The molecule has 0 aliphatic rings. The van der Waals surface area contributed by atoms with Crippen molar-refractivity contribution in [2.45, 2.75) is 45.4 Å². The molecule has 0 aliphatic heterocycles. The zero-order chi connectivity index (χ0) is 16.1. The van der Waals surface area contributed by atoms with Crippen molar-refractivity contribution >= 4 is 26.1 Å². The van der Waals surface area contributed by atoms with E-state index in [2.05, 4.69) is 6.58 Å². The maximum absolute atomic E-state index is 11.6. The Morgan fingerprint density at radius 1 is 1.25 bits per heavy atom. The number of hydroxylamine groups is 1. The van der Waals surface area contributed by atoms with E-state index < -0.39 is 32.2 Å². The number of carbonyl (C=O) groups excluding carboxylic acids is 1. The van der Waals surface area contributed by atoms with Gasteiger partial charge in [-0.2, -0.15) is 4.73 Å². The van der Waals surface area contributed by atoms with Gasteiger partial charge in [0.1, 0.15) is 6.04 Å². The Kier molecular flexibility index (Phi) is 6.60. The minimum atomic E-state index is -2.32. The summed E-state index contributed by atoms with van der Waals surface area (Å²) in [4.78, 5) is 38.7. The van der Waals surface area contributed by atoms with Crippen molar-refractivity contribution in [2.24, 2.45) is 0 Å². The van der Waals surface area contributed by atoms with Crippen molar-refractivity contribution in [1.82, 2.24) is 4.73 Å². The summed E-state index contributed by atoms with van der Waals surface area (Å²) >= 11 is 0. The molecule has 0 saturated carbocycles. The molecule has 114 valence electrons. The third kappa shape index (κ3) is 5.98. The SMILES string of the molecule is C=C(C)C(=O)ON([C@@H](CCC(=O)O)C(=O)O)[Si](C)(C)C. The standard InChI is InChI=1S/C12H21NO6Si/c1-8(2)12(18)19-13(20(3,4)5)9(11(16)17)6-7-10(14)15/h9H,1,6-7H2,2-5H3,(H,14,15)(H,16,17)/t9-/m0/s1. The average Bonchev–Trinajstić information content (AvgIpc) is 2.24. The van der Waals surface area contributed by atoms with Gasteiger partial charge in [0.05, 0.1) is 0 Å². The van der Waals surface area contributed by atoms with E-state index in [1.165, 1.54) is 6.92 Å². The highest BCUT2D eigenvalue weighted by Crippen LogP contribution is 2.19. The van der Waals surface area contributed by atoms with Crippen LogP contribution in [0.15, 0.2) is 12.2 Å². The Hall–Kier alpha value is -1.67. The number of nitrogens with zero attached hydrogens (tertiary/aromatic N) is 1. The minimum absolute atomic E-state index is 0.140. The van der Waals surface area contributed by atoms with Crippen LogP contribution in [0.1, 0.15) is 19.8 Å². The number of carbonyl (C=O) groups is 3. The second kappa shape index (κ2) is 7.20. The van der Waals surface area contributed by atoms with Gasteiger partial charge in [-0.3, -0.25) is 9.59 Å². The highest BCUT2D eigenvalue weighted by Gasteiger charge is 2.38. The second-order valence-corrected chi connectivity index (χ2v) is 10.2. The predicted octanol–water partition coefficient (Wildman–Crippen LogP) is 1.48. The van der Waals surface area contributed by atoms with Crippen molar-refractivity contribution in [3.8, 4) is 0 Å². The summed E-state index contributed by atoms with van der Waals surface area (Å²) in [6.07, 6.45) is -0.457. The number of carboxylic acid groups (broad SMARTS) is 2. The molecule has 0 fully saturated rings. The lowest BCUT2D eigenvalue weighted by Gasteiger charge is -2.36. The first-order valence-corrected chi connectivity index (χ1v) is 9.53. The molecule has 20 heavy (non-hydrogen) atoms. The molecule has 1 atom stereocenters. The molecule has 0 rings (SSSR count). The van der Waals surface area contributed by atoms with Gasteiger partial charge in [-0.25, -0.2) is 4.79 Å². The van der Waals surface area contributed by atoms with Gasteiger partial charge in [-0.05, 0) is 13.3 Å². The van der Waals surface area contributed by atoms with Crippen molar-refractivity contribution in [1.29, 1.82) is 0 Å². The molecule has 0 radical (unpaired) electrons. The summed E-state index contributed by atoms with van der Waals surface area (Å²) in [5.74, 6) is -3.03. The molecule has 0 heterocycles. The summed E-state index contributed by atoms with van der Waals surface area (Å²) < 4.78 is 1.15. The van der Waals surface area contributed by atoms with E-state index >= 15 is 0 Å². The van der Waals surface area contributed by atoms with Gasteiger partial charge >= 0.3 is 17.9 Å². The molecule has 0 spiro atoms. The predicted molar refractivity (Wildman–Crippen MR) is 74.4 cm³/mol. The number of hydrogen-bond acceptors (Lipinski definition) is 5. The lowest BCUT2D eigenvalue weighted by molar-refractivity contribution is -0.181. The van der Waals surface area contributed by atoms with Crippen LogP contribution in [0.25, 0.3) is 0 Å². The first-order chi connectivity index (χ1) is 8.96. The van der Waals surface area contributed by atoms with Gasteiger partial charge in [0.2, 0.25) is 0 Å². The molecule has 0 saturated heterocycles. The Morgan fingerprint density at radius 2 is 1.75 bits per heavy atom. The summed E-state index contributed by atoms with van der Waals surface area (Å²) in [6.45, 7) is 10.3. The lowest BCUT2D eigenvalue weighted by Crippen LogP contribution is -2.55. The van der Waals surface area contributed by atoms with Crippen LogP contribution in [0.5, 0.6) is 0 Å². The van der Waals surface area contributed by atoms with Crippen molar-refractivity contribution in [2.75, 3.05) is 0 Å². The molecule has 0 aromatic rings. The van der Waals surface area contributed by atoms with E-state index in [1.807, 2.05) is 0 Å². The van der Waals surface area contributed by atoms with Crippen molar-refractivity contribution < 1.29 is 29.4 Å². The fourth-order valence-corrected chi connectivity index (χ4v) is 2.97.